The van der Waals surface area contributed by atoms with Crippen LogP contribution in [0.3, 0.4) is 0 Å². The third kappa shape index (κ3) is 4.00. The molecule has 0 saturated carbocycles. The molecule has 0 bridgehead atoms. The van der Waals surface area contributed by atoms with E-state index in [4.69, 9.17) is 4.42 Å². The lowest BCUT2D eigenvalue weighted by Gasteiger charge is -2.41. The van der Waals surface area contributed by atoms with Crippen LogP contribution < -0.4 is 10.2 Å². The largest absolute Gasteiger partial charge is 0.423 e. The Morgan fingerprint density at radius 1 is 1.26 bits per heavy atom. The molecule has 1 unspecified atom stereocenters. The number of rotatable bonds is 5. The van der Waals surface area contributed by atoms with E-state index in [2.05, 4.69) is 26.7 Å². The lowest BCUT2D eigenvalue weighted by Crippen LogP contribution is -2.50. The number of carbonyl (C=O) groups excluding carboxylic acids is 1. The first-order valence-corrected chi connectivity index (χ1v) is 9.98. The van der Waals surface area contributed by atoms with Gasteiger partial charge in [0.05, 0.1) is 5.92 Å². The van der Waals surface area contributed by atoms with Gasteiger partial charge in [-0.15, -0.1) is 6.58 Å². The molecule has 2 aromatic rings. The monoisotopic (exact) mass is 368 g/mol. The summed E-state index contributed by atoms with van der Waals surface area (Å²) in [4.78, 5) is 21.7. The lowest BCUT2D eigenvalue weighted by atomic mass is 9.93. The number of nitrogens with zero attached hydrogens (tertiary/aromatic N) is 3. The lowest BCUT2D eigenvalue weighted by molar-refractivity contribution is -0.126. The molecule has 2 fully saturated rings. The number of hydrogen-bond donors (Lipinski definition) is 1. The van der Waals surface area contributed by atoms with Crippen LogP contribution in [0.25, 0.3) is 11.1 Å². The number of piperidine rings is 2. The Morgan fingerprint density at radius 2 is 2.07 bits per heavy atom. The van der Waals surface area contributed by atoms with Crippen LogP contribution in [0.1, 0.15) is 25.7 Å². The third-order valence-electron chi connectivity index (χ3n) is 5.78. The molecule has 1 N–H and O–H groups in total. The van der Waals surface area contributed by atoms with Crippen molar-refractivity contribution in [3.05, 3.63) is 36.9 Å². The second kappa shape index (κ2) is 8.13. The Bertz CT molecular complexity index is 761. The van der Waals surface area contributed by atoms with Crippen LogP contribution >= 0.6 is 0 Å². The molecule has 2 aliphatic rings. The predicted octanol–water partition coefficient (Wildman–Crippen LogP) is 2.81. The van der Waals surface area contributed by atoms with Gasteiger partial charge >= 0.3 is 0 Å². The number of hydrogen-bond acceptors (Lipinski definition) is 5. The summed E-state index contributed by atoms with van der Waals surface area (Å²) in [6, 6.07) is 9.18. The number of aromatic nitrogens is 1. The number of para-hydroxylation sites is 2. The Hall–Kier alpha value is -2.34. The molecule has 1 amide bonds. The zero-order chi connectivity index (χ0) is 18.6. The second-order valence-electron chi connectivity index (χ2n) is 7.55. The summed E-state index contributed by atoms with van der Waals surface area (Å²) < 4.78 is 5.91. The zero-order valence-corrected chi connectivity index (χ0v) is 15.8. The molecule has 1 aromatic heterocycles. The molecule has 0 spiro atoms. The van der Waals surface area contributed by atoms with Crippen LogP contribution in [0.15, 0.2) is 41.3 Å². The fourth-order valence-electron chi connectivity index (χ4n) is 4.29. The van der Waals surface area contributed by atoms with Crippen molar-refractivity contribution in [2.24, 2.45) is 5.92 Å². The van der Waals surface area contributed by atoms with Gasteiger partial charge in [0.1, 0.15) is 5.52 Å². The Kier molecular flexibility index (Phi) is 5.43. The minimum Gasteiger partial charge on any atom is -0.423 e. The fraction of sp³-hybridized carbons (Fsp3) is 0.524. The predicted molar refractivity (Wildman–Crippen MR) is 107 cm³/mol. The van der Waals surface area contributed by atoms with E-state index in [1.807, 2.05) is 24.3 Å². The van der Waals surface area contributed by atoms with Crippen molar-refractivity contribution in [3.63, 3.8) is 0 Å². The van der Waals surface area contributed by atoms with Gasteiger partial charge in [-0.05, 0) is 44.4 Å². The molecule has 1 atom stereocenters. The summed E-state index contributed by atoms with van der Waals surface area (Å²) in [6.45, 7) is 8.08. The number of amides is 1. The Labute approximate surface area is 160 Å². The number of likely N-dealkylation sites (tertiary alicyclic amines) is 1. The summed E-state index contributed by atoms with van der Waals surface area (Å²) in [7, 11) is 0. The zero-order valence-electron chi connectivity index (χ0n) is 15.8. The highest BCUT2D eigenvalue weighted by Gasteiger charge is 2.32. The molecular formula is C21H28N4O2. The molecule has 2 saturated heterocycles. The van der Waals surface area contributed by atoms with E-state index in [9.17, 15) is 4.79 Å². The van der Waals surface area contributed by atoms with Crippen LogP contribution in [0, 0.1) is 5.92 Å². The number of anilines is 1. The number of carbonyl (C=O) groups is 1. The van der Waals surface area contributed by atoms with Crippen LogP contribution in [0.2, 0.25) is 0 Å². The Balaban J connectivity index is 1.33. The van der Waals surface area contributed by atoms with Gasteiger partial charge < -0.3 is 14.6 Å². The fourth-order valence-corrected chi connectivity index (χ4v) is 4.29. The van der Waals surface area contributed by atoms with Crippen molar-refractivity contribution < 1.29 is 9.21 Å². The number of fused-ring (bicyclic) bond motifs is 1. The van der Waals surface area contributed by atoms with Gasteiger partial charge in [0.2, 0.25) is 5.91 Å². The van der Waals surface area contributed by atoms with E-state index < -0.39 is 0 Å². The van der Waals surface area contributed by atoms with Gasteiger partial charge in [0.15, 0.2) is 5.58 Å². The highest BCUT2D eigenvalue weighted by molar-refractivity contribution is 5.79. The minimum atomic E-state index is 0.105. The quantitative estimate of drug-likeness (QED) is 0.823. The maximum absolute atomic E-state index is 12.3. The Morgan fingerprint density at radius 3 is 2.85 bits per heavy atom. The van der Waals surface area contributed by atoms with E-state index in [1.165, 1.54) is 0 Å². The molecule has 3 heterocycles. The average molecular weight is 368 g/mol. The molecule has 0 radical (unpaired) electrons. The highest BCUT2D eigenvalue weighted by atomic mass is 16.4. The topological polar surface area (TPSA) is 61.6 Å². The van der Waals surface area contributed by atoms with Gasteiger partial charge in [0, 0.05) is 32.2 Å². The molecule has 1 aromatic carbocycles. The number of nitrogens with one attached hydrogen (secondary N) is 1. The summed E-state index contributed by atoms with van der Waals surface area (Å²) in [5.41, 5.74) is 1.76. The molecule has 0 aliphatic carbocycles. The van der Waals surface area contributed by atoms with Gasteiger partial charge in [-0.25, -0.2) is 0 Å². The number of oxazole rings is 1. The first-order valence-electron chi connectivity index (χ1n) is 9.98. The van der Waals surface area contributed by atoms with Gasteiger partial charge in [-0.3, -0.25) is 9.69 Å². The van der Waals surface area contributed by atoms with Crippen molar-refractivity contribution in [1.82, 2.24) is 15.2 Å². The molecule has 144 valence electrons. The van der Waals surface area contributed by atoms with Crippen molar-refractivity contribution in [2.75, 3.05) is 37.6 Å². The van der Waals surface area contributed by atoms with E-state index in [-0.39, 0.29) is 11.8 Å². The maximum Gasteiger partial charge on any atom is 0.298 e. The average Bonchev–Trinajstić information content (AvgIpc) is 3.16. The molecule has 2 aliphatic heterocycles. The van der Waals surface area contributed by atoms with E-state index in [0.29, 0.717) is 12.6 Å². The molecular weight excluding hydrogens is 340 g/mol. The minimum absolute atomic E-state index is 0.105. The summed E-state index contributed by atoms with van der Waals surface area (Å²) in [6.07, 6.45) is 5.98. The first-order chi connectivity index (χ1) is 13.2. The molecule has 4 rings (SSSR count). The van der Waals surface area contributed by atoms with Crippen molar-refractivity contribution in [3.8, 4) is 0 Å². The third-order valence-corrected chi connectivity index (χ3v) is 5.78. The normalized spacial score (nSPS) is 22.1. The van der Waals surface area contributed by atoms with E-state index >= 15 is 0 Å². The highest BCUT2D eigenvalue weighted by Crippen LogP contribution is 2.28. The molecule has 6 heteroatoms. The maximum atomic E-state index is 12.3. The van der Waals surface area contributed by atoms with Crippen molar-refractivity contribution in [2.45, 2.75) is 31.7 Å². The van der Waals surface area contributed by atoms with E-state index in [1.54, 1.807) is 6.08 Å². The van der Waals surface area contributed by atoms with Crippen LogP contribution in [-0.4, -0.2) is 54.6 Å². The molecule has 6 nitrogen and oxygen atoms in total. The van der Waals surface area contributed by atoms with Gasteiger partial charge in [-0.1, -0.05) is 18.2 Å². The van der Waals surface area contributed by atoms with Crippen LogP contribution in [0.4, 0.5) is 6.01 Å². The smallest absolute Gasteiger partial charge is 0.298 e. The van der Waals surface area contributed by atoms with Crippen LogP contribution in [0.5, 0.6) is 0 Å². The van der Waals surface area contributed by atoms with Gasteiger partial charge in [-0.2, -0.15) is 4.98 Å². The molecule has 27 heavy (non-hydrogen) atoms. The number of benzene rings is 1. The summed E-state index contributed by atoms with van der Waals surface area (Å²) in [5.74, 6) is 0.275. The standard InChI is InChI=1S/C21H28N4O2/c1-2-11-22-20(26)16-6-5-12-25(15-16)17-9-13-24(14-10-17)21-23-18-7-3-4-8-19(18)27-21/h2-4,7-8,16-17H,1,5-6,9-15H2,(H,22,26). The van der Waals surface area contributed by atoms with E-state index in [0.717, 1.165) is 69.0 Å². The second-order valence-corrected chi connectivity index (χ2v) is 7.55. The summed E-state index contributed by atoms with van der Waals surface area (Å²) in [5, 5.41) is 2.95. The van der Waals surface area contributed by atoms with Crippen molar-refractivity contribution in [1.29, 1.82) is 0 Å². The van der Waals surface area contributed by atoms with Crippen LogP contribution in [-0.2, 0) is 4.79 Å². The first kappa shape index (κ1) is 18.0. The van der Waals surface area contributed by atoms with Gasteiger partial charge in [0.25, 0.3) is 6.01 Å². The summed E-state index contributed by atoms with van der Waals surface area (Å²) >= 11 is 0. The SMILES string of the molecule is C=CCNC(=O)C1CCCN(C2CCN(c3nc4ccccc4o3)CC2)C1. The van der Waals surface area contributed by atoms with Crippen molar-refractivity contribution >= 4 is 23.0 Å².